The molecule has 9 nitrogen and oxygen atoms in total. The second-order valence-corrected chi connectivity index (χ2v) is 7.16. The van der Waals surface area contributed by atoms with Crippen LogP contribution in [-0.4, -0.2) is 63.7 Å². The van der Waals surface area contributed by atoms with Crippen molar-refractivity contribution in [3.63, 3.8) is 0 Å². The molecule has 15 heteroatoms. The van der Waals surface area contributed by atoms with E-state index in [4.69, 9.17) is 0 Å². The van der Waals surface area contributed by atoms with Crippen LogP contribution >= 0.6 is 0 Å². The third kappa shape index (κ3) is 6.32. The standard InChI is InChI=1S/C18H19F6N7O2/c19-17(20,21)11-9-26-16(27-10-11)31-6-4-30(5-7-31)14(32)2-1-3-25-13-8-12(18(22,23)24)15(33)29-28-13/h8-10H,1-7H2,(H,25,28)(H,29,33). The number of halogens is 6. The smallest absolute Gasteiger partial charge is 0.369 e. The summed E-state index contributed by atoms with van der Waals surface area (Å²) in [6.07, 6.45) is -7.48. The summed E-state index contributed by atoms with van der Waals surface area (Å²) in [4.78, 5) is 34.3. The minimum absolute atomic E-state index is 0.124. The Morgan fingerprint density at radius 1 is 1.03 bits per heavy atom. The molecule has 33 heavy (non-hydrogen) atoms. The predicted octanol–water partition coefficient (Wildman–Crippen LogP) is 2.14. The summed E-state index contributed by atoms with van der Waals surface area (Å²) < 4.78 is 76.0. The highest BCUT2D eigenvalue weighted by Gasteiger charge is 2.34. The molecule has 0 bridgehead atoms. The number of anilines is 2. The zero-order chi connectivity index (χ0) is 24.2. The minimum atomic E-state index is -4.81. The van der Waals surface area contributed by atoms with E-state index in [9.17, 15) is 35.9 Å². The van der Waals surface area contributed by atoms with E-state index in [1.54, 1.807) is 14.9 Å². The number of alkyl halides is 6. The van der Waals surface area contributed by atoms with Crippen molar-refractivity contribution >= 4 is 17.7 Å². The molecule has 1 aliphatic rings. The number of hydrogen-bond acceptors (Lipinski definition) is 7. The van der Waals surface area contributed by atoms with Crippen LogP contribution in [0.25, 0.3) is 0 Å². The molecule has 1 amide bonds. The average Bonchev–Trinajstić information content (AvgIpc) is 2.76. The first-order valence-electron chi connectivity index (χ1n) is 9.78. The third-order valence-corrected chi connectivity index (χ3v) is 4.86. The maximum absolute atomic E-state index is 12.7. The Hall–Kier alpha value is -3.39. The van der Waals surface area contributed by atoms with Gasteiger partial charge in [0.2, 0.25) is 11.9 Å². The molecule has 0 radical (unpaired) electrons. The van der Waals surface area contributed by atoms with E-state index in [1.165, 1.54) is 0 Å². The van der Waals surface area contributed by atoms with Crippen molar-refractivity contribution in [2.75, 3.05) is 42.9 Å². The van der Waals surface area contributed by atoms with Crippen molar-refractivity contribution in [1.82, 2.24) is 25.1 Å². The summed E-state index contributed by atoms with van der Waals surface area (Å²) in [6, 6.07) is 0.600. The molecule has 0 saturated carbocycles. The molecule has 3 rings (SSSR count). The number of H-pyrrole nitrogens is 1. The lowest BCUT2D eigenvalue weighted by atomic mass is 10.2. The van der Waals surface area contributed by atoms with Crippen LogP contribution in [-0.2, 0) is 17.1 Å². The first-order chi connectivity index (χ1) is 15.4. The van der Waals surface area contributed by atoms with E-state index in [-0.39, 0.29) is 30.6 Å². The van der Waals surface area contributed by atoms with Crippen LogP contribution < -0.4 is 15.8 Å². The van der Waals surface area contributed by atoms with Gasteiger partial charge in [-0.15, -0.1) is 0 Å². The Morgan fingerprint density at radius 2 is 1.67 bits per heavy atom. The summed E-state index contributed by atoms with van der Waals surface area (Å²) in [6.45, 7) is 1.50. The SMILES string of the molecule is O=C(CCCNc1cc(C(F)(F)F)c(=O)[nH]n1)N1CCN(c2ncc(C(F)(F)F)cn2)CC1. The number of aromatic amines is 1. The molecule has 0 unspecified atom stereocenters. The molecule has 1 fully saturated rings. The van der Waals surface area contributed by atoms with Crippen molar-refractivity contribution in [3.05, 3.63) is 39.9 Å². The summed E-state index contributed by atoms with van der Waals surface area (Å²) in [5.41, 5.74) is -3.66. The molecule has 3 heterocycles. The topological polar surface area (TPSA) is 107 Å². The number of carbonyl (C=O) groups is 1. The van der Waals surface area contributed by atoms with E-state index in [0.717, 1.165) is 0 Å². The average molecular weight is 479 g/mol. The van der Waals surface area contributed by atoms with Gasteiger partial charge in [0.1, 0.15) is 11.4 Å². The van der Waals surface area contributed by atoms with Crippen LogP contribution in [0.2, 0.25) is 0 Å². The van der Waals surface area contributed by atoms with Crippen LogP contribution in [0.1, 0.15) is 24.0 Å². The zero-order valence-corrected chi connectivity index (χ0v) is 17.0. The monoisotopic (exact) mass is 479 g/mol. The quantitative estimate of drug-likeness (QED) is 0.483. The summed E-state index contributed by atoms with van der Waals surface area (Å²) in [5, 5.41) is 7.89. The molecule has 1 aliphatic heterocycles. The van der Waals surface area contributed by atoms with Crippen LogP contribution in [0.4, 0.5) is 38.1 Å². The van der Waals surface area contributed by atoms with E-state index in [0.29, 0.717) is 51.1 Å². The first kappa shape index (κ1) is 24.3. The van der Waals surface area contributed by atoms with Gasteiger partial charge < -0.3 is 15.1 Å². The fraction of sp³-hybridized carbons (Fsp3) is 0.500. The van der Waals surface area contributed by atoms with Gasteiger partial charge in [0.25, 0.3) is 5.56 Å². The van der Waals surface area contributed by atoms with Crippen molar-refractivity contribution in [2.45, 2.75) is 25.2 Å². The Kier molecular flexibility index (Phi) is 7.07. The lowest BCUT2D eigenvalue weighted by Crippen LogP contribution is -2.49. The Balaban J connectivity index is 1.42. The number of nitrogens with one attached hydrogen (secondary N) is 2. The minimum Gasteiger partial charge on any atom is -0.369 e. The van der Waals surface area contributed by atoms with Gasteiger partial charge in [0.05, 0.1) is 5.56 Å². The van der Waals surface area contributed by atoms with Gasteiger partial charge in [-0.2, -0.15) is 31.4 Å². The second kappa shape index (κ2) is 9.62. The number of piperazine rings is 1. The predicted molar refractivity (Wildman–Crippen MR) is 103 cm³/mol. The van der Waals surface area contributed by atoms with Crippen molar-refractivity contribution in [1.29, 1.82) is 0 Å². The summed E-state index contributed by atoms with van der Waals surface area (Å²) in [7, 11) is 0. The molecular formula is C18H19F6N7O2. The maximum atomic E-state index is 12.7. The zero-order valence-electron chi connectivity index (χ0n) is 17.0. The summed E-state index contributed by atoms with van der Waals surface area (Å²) >= 11 is 0. The fourth-order valence-electron chi connectivity index (χ4n) is 3.11. The molecule has 0 aliphatic carbocycles. The highest BCUT2D eigenvalue weighted by atomic mass is 19.4. The Bertz CT molecular complexity index is 1010. The first-order valence-corrected chi connectivity index (χ1v) is 9.78. The molecule has 0 atom stereocenters. The lowest BCUT2D eigenvalue weighted by Gasteiger charge is -2.34. The number of carbonyl (C=O) groups excluding carboxylic acids is 1. The largest absolute Gasteiger partial charge is 0.421 e. The van der Waals surface area contributed by atoms with Gasteiger partial charge in [0, 0.05) is 57.6 Å². The van der Waals surface area contributed by atoms with Crippen molar-refractivity contribution in [3.8, 4) is 0 Å². The summed E-state index contributed by atoms with van der Waals surface area (Å²) in [5.74, 6) is -0.194. The van der Waals surface area contributed by atoms with Gasteiger partial charge in [-0.25, -0.2) is 15.1 Å². The van der Waals surface area contributed by atoms with Crippen molar-refractivity contribution in [2.24, 2.45) is 0 Å². The van der Waals surface area contributed by atoms with Gasteiger partial charge >= 0.3 is 12.4 Å². The van der Waals surface area contributed by atoms with E-state index in [1.807, 2.05) is 0 Å². The van der Waals surface area contributed by atoms with Gasteiger partial charge in [0.15, 0.2) is 0 Å². The second-order valence-electron chi connectivity index (χ2n) is 7.16. The number of nitrogens with zero attached hydrogens (tertiary/aromatic N) is 5. The maximum Gasteiger partial charge on any atom is 0.421 e. The number of hydrogen-bond donors (Lipinski definition) is 2. The normalized spacial score (nSPS) is 15.0. The van der Waals surface area contributed by atoms with Crippen LogP contribution in [0.15, 0.2) is 23.3 Å². The third-order valence-electron chi connectivity index (χ3n) is 4.86. The van der Waals surface area contributed by atoms with Crippen LogP contribution in [0.3, 0.4) is 0 Å². The molecule has 2 aromatic heterocycles. The number of aromatic nitrogens is 4. The van der Waals surface area contributed by atoms with Gasteiger partial charge in [-0.05, 0) is 6.42 Å². The van der Waals surface area contributed by atoms with Gasteiger partial charge in [-0.1, -0.05) is 0 Å². The number of rotatable bonds is 6. The molecule has 2 N–H and O–H groups in total. The van der Waals surface area contributed by atoms with Crippen LogP contribution in [0.5, 0.6) is 0 Å². The molecular weight excluding hydrogens is 460 g/mol. The van der Waals surface area contributed by atoms with Crippen molar-refractivity contribution < 1.29 is 31.1 Å². The molecule has 180 valence electrons. The molecule has 1 saturated heterocycles. The number of amides is 1. The molecule has 2 aromatic rings. The lowest BCUT2D eigenvalue weighted by molar-refractivity contribution is -0.139. The Morgan fingerprint density at radius 3 is 2.24 bits per heavy atom. The highest BCUT2D eigenvalue weighted by molar-refractivity contribution is 5.76. The van der Waals surface area contributed by atoms with Crippen LogP contribution in [0, 0.1) is 0 Å². The van der Waals surface area contributed by atoms with E-state index >= 15 is 0 Å². The van der Waals surface area contributed by atoms with E-state index < -0.39 is 29.0 Å². The molecule has 0 aromatic carbocycles. The highest BCUT2D eigenvalue weighted by Crippen LogP contribution is 2.29. The fourth-order valence-corrected chi connectivity index (χ4v) is 3.11. The van der Waals surface area contributed by atoms with Gasteiger partial charge in [-0.3, -0.25) is 9.59 Å². The van der Waals surface area contributed by atoms with E-state index in [2.05, 4.69) is 20.4 Å². The molecule has 0 spiro atoms. The Labute approximate surface area is 182 Å².